The number of aromatic nitrogens is 3. The van der Waals surface area contributed by atoms with Gasteiger partial charge in [-0.25, -0.2) is 4.98 Å². The SMILES string of the molecule is Cc1ccc(Nc2nnc(SC/C(O)=C(\C#N)c3nc4ccccc4s3)s2)cc1C. The first-order valence-electron chi connectivity index (χ1n) is 9.02. The van der Waals surface area contributed by atoms with Crippen LogP contribution in [0.1, 0.15) is 16.1 Å². The number of para-hydroxylation sites is 1. The second-order valence-corrected chi connectivity index (χ2v) is 9.74. The average molecular weight is 452 g/mol. The number of nitrogens with zero attached hydrogens (tertiary/aromatic N) is 4. The van der Waals surface area contributed by atoms with E-state index in [1.165, 1.54) is 45.6 Å². The van der Waals surface area contributed by atoms with Gasteiger partial charge in [0.25, 0.3) is 0 Å². The summed E-state index contributed by atoms with van der Waals surface area (Å²) < 4.78 is 1.68. The van der Waals surface area contributed by atoms with Crippen LogP contribution in [0, 0.1) is 25.2 Å². The Morgan fingerprint density at radius 3 is 2.73 bits per heavy atom. The highest BCUT2D eigenvalue weighted by molar-refractivity contribution is 8.01. The van der Waals surface area contributed by atoms with Gasteiger partial charge in [0.05, 0.1) is 16.0 Å². The summed E-state index contributed by atoms with van der Waals surface area (Å²) in [5, 5.41) is 32.8. The van der Waals surface area contributed by atoms with Gasteiger partial charge in [0.1, 0.15) is 22.4 Å². The largest absolute Gasteiger partial charge is 0.510 e. The number of aryl methyl sites for hydroxylation is 2. The molecular weight excluding hydrogens is 434 g/mol. The molecule has 0 aliphatic heterocycles. The van der Waals surface area contributed by atoms with E-state index in [0.29, 0.717) is 14.5 Å². The Labute approximate surface area is 185 Å². The van der Waals surface area contributed by atoms with Gasteiger partial charge in [-0.2, -0.15) is 5.26 Å². The number of nitrogens with one attached hydrogen (secondary N) is 1. The molecule has 0 bridgehead atoms. The number of rotatable bonds is 6. The molecule has 0 radical (unpaired) electrons. The molecule has 6 nitrogen and oxygen atoms in total. The lowest BCUT2D eigenvalue weighted by atomic mass is 10.1. The summed E-state index contributed by atoms with van der Waals surface area (Å²) in [7, 11) is 0. The highest BCUT2D eigenvalue weighted by Crippen LogP contribution is 2.32. The van der Waals surface area contributed by atoms with Gasteiger partial charge in [0, 0.05) is 5.69 Å². The fourth-order valence-corrected chi connectivity index (χ4v) is 5.31. The number of allylic oxidation sites excluding steroid dienone is 1. The van der Waals surface area contributed by atoms with Crippen molar-refractivity contribution in [1.29, 1.82) is 5.26 Å². The maximum absolute atomic E-state index is 10.5. The first-order valence-corrected chi connectivity index (χ1v) is 11.6. The van der Waals surface area contributed by atoms with Crippen LogP contribution in [0.25, 0.3) is 15.8 Å². The summed E-state index contributed by atoms with van der Waals surface area (Å²) in [5.41, 5.74) is 4.40. The number of fused-ring (bicyclic) bond motifs is 1. The van der Waals surface area contributed by atoms with Crippen molar-refractivity contribution in [3.05, 3.63) is 64.4 Å². The van der Waals surface area contributed by atoms with Gasteiger partial charge in [-0.1, -0.05) is 41.3 Å². The van der Waals surface area contributed by atoms with Crippen molar-refractivity contribution in [2.75, 3.05) is 11.1 Å². The minimum atomic E-state index is -0.0135. The van der Waals surface area contributed by atoms with Gasteiger partial charge in [-0.3, -0.25) is 0 Å². The third kappa shape index (κ3) is 4.46. The van der Waals surface area contributed by atoms with Crippen molar-refractivity contribution in [1.82, 2.24) is 15.2 Å². The van der Waals surface area contributed by atoms with Crippen LogP contribution < -0.4 is 5.32 Å². The van der Waals surface area contributed by atoms with Crippen molar-refractivity contribution in [3.8, 4) is 6.07 Å². The lowest BCUT2D eigenvalue weighted by Crippen LogP contribution is -1.92. The minimum Gasteiger partial charge on any atom is -0.510 e. The average Bonchev–Trinajstić information content (AvgIpc) is 3.36. The molecule has 0 amide bonds. The Bertz CT molecular complexity index is 1250. The minimum absolute atomic E-state index is 0.0135. The first-order chi connectivity index (χ1) is 14.5. The normalized spacial score (nSPS) is 11.9. The van der Waals surface area contributed by atoms with Crippen LogP contribution in [0.4, 0.5) is 10.8 Å². The van der Waals surface area contributed by atoms with Crippen LogP contribution in [-0.2, 0) is 0 Å². The quantitative estimate of drug-likeness (QED) is 0.208. The van der Waals surface area contributed by atoms with E-state index in [2.05, 4.69) is 52.5 Å². The topological polar surface area (TPSA) is 94.7 Å². The molecule has 0 atom stereocenters. The second kappa shape index (κ2) is 8.83. The highest BCUT2D eigenvalue weighted by Gasteiger charge is 2.15. The number of thioether (sulfide) groups is 1. The maximum Gasteiger partial charge on any atom is 0.210 e. The highest BCUT2D eigenvalue weighted by atomic mass is 32.2. The Hall–Kier alpha value is -2.93. The van der Waals surface area contributed by atoms with Crippen molar-refractivity contribution in [2.24, 2.45) is 0 Å². The zero-order chi connectivity index (χ0) is 21.1. The number of hydrogen-bond acceptors (Lipinski definition) is 9. The molecule has 2 aromatic carbocycles. The van der Waals surface area contributed by atoms with Crippen LogP contribution in [0.3, 0.4) is 0 Å². The predicted molar refractivity (Wildman–Crippen MR) is 125 cm³/mol. The molecule has 0 aliphatic rings. The van der Waals surface area contributed by atoms with Crippen LogP contribution in [0.2, 0.25) is 0 Å². The van der Waals surface area contributed by atoms with Gasteiger partial charge < -0.3 is 10.4 Å². The van der Waals surface area contributed by atoms with Gasteiger partial charge in [0.2, 0.25) is 5.13 Å². The molecule has 150 valence electrons. The van der Waals surface area contributed by atoms with Crippen LogP contribution in [0.15, 0.2) is 52.6 Å². The van der Waals surface area contributed by atoms with E-state index in [1.54, 1.807) is 0 Å². The maximum atomic E-state index is 10.5. The molecule has 4 aromatic rings. The van der Waals surface area contributed by atoms with Crippen LogP contribution in [-0.4, -0.2) is 26.0 Å². The summed E-state index contributed by atoms with van der Waals surface area (Å²) in [6.07, 6.45) is 0. The van der Waals surface area contributed by atoms with Crippen LogP contribution in [0.5, 0.6) is 0 Å². The summed E-state index contributed by atoms with van der Waals surface area (Å²) in [4.78, 5) is 4.46. The molecular formula is C21H17N5OS3. The molecule has 0 spiro atoms. The Morgan fingerprint density at radius 2 is 1.97 bits per heavy atom. The predicted octanol–water partition coefficient (Wildman–Crippen LogP) is 6.09. The smallest absolute Gasteiger partial charge is 0.210 e. The summed E-state index contributed by atoms with van der Waals surface area (Å²) in [6, 6.07) is 15.9. The number of aliphatic hydroxyl groups excluding tert-OH is 1. The molecule has 0 unspecified atom stereocenters. The van der Waals surface area contributed by atoms with Crippen molar-refractivity contribution in [3.63, 3.8) is 0 Å². The molecule has 2 aromatic heterocycles. The standard InChI is InChI=1S/C21H17N5OS3/c1-12-7-8-14(9-13(12)2)23-20-25-26-21(30-20)28-11-17(27)15(10-22)19-24-16-5-3-4-6-18(16)29-19/h3-9,27H,11H2,1-2H3,(H,23,25)/b17-15-. The summed E-state index contributed by atoms with van der Waals surface area (Å²) in [6.45, 7) is 4.14. The van der Waals surface area contributed by atoms with E-state index in [1.807, 2.05) is 30.3 Å². The van der Waals surface area contributed by atoms with E-state index >= 15 is 0 Å². The van der Waals surface area contributed by atoms with E-state index in [0.717, 1.165) is 15.9 Å². The monoisotopic (exact) mass is 451 g/mol. The number of hydrogen-bond donors (Lipinski definition) is 2. The second-order valence-electron chi connectivity index (χ2n) is 6.51. The zero-order valence-electron chi connectivity index (χ0n) is 16.2. The Morgan fingerprint density at radius 1 is 1.13 bits per heavy atom. The number of thiazole rings is 1. The van der Waals surface area contributed by atoms with Crippen molar-refractivity contribution >= 4 is 61.0 Å². The summed E-state index contributed by atoms with van der Waals surface area (Å²) in [5.74, 6) is 0.206. The first kappa shape index (κ1) is 20.3. The number of anilines is 2. The van der Waals surface area contributed by atoms with E-state index in [4.69, 9.17) is 0 Å². The molecule has 2 heterocycles. The zero-order valence-corrected chi connectivity index (χ0v) is 18.7. The van der Waals surface area contributed by atoms with Gasteiger partial charge in [-0.15, -0.1) is 21.5 Å². The van der Waals surface area contributed by atoms with Gasteiger partial charge in [0.15, 0.2) is 4.34 Å². The number of aliphatic hydroxyl groups is 1. The number of benzene rings is 2. The van der Waals surface area contributed by atoms with E-state index in [9.17, 15) is 10.4 Å². The molecule has 30 heavy (non-hydrogen) atoms. The third-order valence-corrected chi connectivity index (χ3v) is 7.44. The van der Waals surface area contributed by atoms with Gasteiger partial charge in [-0.05, 0) is 49.2 Å². The third-order valence-electron chi connectivity index (χ3n) is 4.41. The Balaban J connectivity index is 1.45. The van der Waals surface area contributed by atoms with Crippen molar-refractivity contribution < 1.29 is 5.11 Å². The van der Waals surface area contributed by atoms with Crippen molar-refractivity contribution in [2.45, 2.75) is 18.2 Å². The number of nitriles is 1. The lowest BCUT2D eigenvalue weighted by Gasteiger charge is -2.05. The fourth-order valence-electron chi connectivity index (χ4n) is 2.68. The molecule has 0 saturated carbocycles. The Kier molecular flexibility index (Phi) is 5.99. The van der Waals surface area contributed by atoms with Gasteiger partial charge >= 0.3 is 0 Å². The lowest BCUT2D eigenvalue weighted by molar-refractivity contribution is 0.421. The van der Waals surface area contributed by atoms with E-state index in [-0.39, 0.29) is 17.1 Å². The molecule has 2 N–H and O–H groups in total. The molecule has 4 rings (SSSR count). The van der Waals surface area contributed by atoms with Crippen LogP contribution >= 0.6 is 34.4 Å². The molecule has 0 saturated heterocycles. The fraction of sp³-hybridized carbons (Fsp3) is 0.143. The molecule has 0 aliphatic carbocycles. The van der Waals surface area contributed by atoms with E-state index < -0.39 is 0 Å². The molecule has 9 heteroatoms. The summed E-state index contributed by atoms with van der Waals surface area (Å²) >= 11 is 4.12. The molecule has 0 fully saturated rings.